The normalized spacial score (nSPS) is 20.8. The van der Waals surface area contributed by atoms with Crippen molar-refractivity contribution in [3.8, 4) is 0 Å². The summed E-state index contributed by atoms with van der Waals surface area (Å²) in [6.45, 7) is 5.05. The van der Waals surface area contributed by atoms with Crippen molar-refractivity contribution in [3.05, 3.63) is 64.5 Å². The van der Waals surface area contributed by atoms with Crippen LogP contribution in [0.2, 0.25) is 0 Å². The third-order valence-electron chi connectivity index (χ3n) is 7.23. The van der Waals surface area contributed by atoms with Crippen LogP contribution in [-0.4, -0.2) is 78.7 Å². The number of anilines is 1. The van der Waals surface area contributed by atoms with E-state index in [9.17, 15) is 14.4 Å². The van der Waals surface area contributed by atoms with Crippen molar-refractivity contribution in [2.45, 2.75) is 38.5 Å². The summed E-state index contributed by atoms with van der Waals surface area (Å²) in [5.74, 6) is -1.56. The lowest BCUT2D eigenvalue weighted by molar-refractivity contribution is -0.136. The molecule has 3 aliphatic heterocycles. The fourth-order valence-electron chi connectivity index (χ4n) is 5.34. The summed E-state index contributed by atoms with van der Waals surface area (Å²) >= 11 is 0. The zero-order chi connectivity index (χ0) is 25.4. The molecule has 2 aromatic rings. The van der Waals surface area contributed by atoms with Gasteiger partial charge in [0.25, 0.3) is 5.91 Å². The second kappa shape index (κ2) is 9.99. The van der Waals surface area contributed by atoms with Crippen molar-refractivity contribution >= 4 is 23.4 Å². The van der Waals surface area contributed by atoms with E-state index in [0.29, 0.717) is 30.8 Å². The molecule has 190 valence electrons. The molecule has 0 saturated carbocycles. The summed E-state index contributed by atoms with van der Waals surface area (Å²) in [6.07, 6.45) is 0.487. The van der Waals surface area contributed by atoms with Gasteiger partial charge in [-0.2, -0.15) is 0 Å². The number of fused-ring (bicyclic) bond motifs is 1. The Balaban J connectivity index is 1.21. The standard InChI is InChI=1S/C27H32FN5O3/c1-30(2)15-18-3-5-19(6-4-18)16-31-9-11-32(12-10-31)24-13-20-17-33(27(36)21(20)14-22(24)28)23-7-8-25(34)29-26(23)35/h3-6,13-14,23H,7-12,15-17H2,1-2H3,(H,29,34,35). The van der Waals surface area contributed by atoms with Crippen molar-refractivity contribution < 1.29 is 18.8 Å². The molecule has 0 bridgehead atoms. The molecule has 5 rings (SSSR count). The van der Waals surface area contributed by atoms with E-state index < -0.39 is 17.8 Å². The predicted molar refractivity (Wildman–Crippen MR) is 134 cm³/mol. The zero-order valence-electron chi connectivity index (χ0n) is 20.8. The van der Waals surface area contributed by atoms with Crippen LogP contribution in [0, 0.1) is 5.82 Å². The fourth-order valence-corrected chi connectivity index (χ4v) is 5.34. The highest BCUT2D eigenvalue weighted by Gasteiger charge is 2.40. The van der Waals surface area contributed by atoms with Gasteiger partial charge in [-0.1, -0.05) is 24.3 Å². The summed E-state index contributed by atoms with van der Waals surface area (Å²) < 4.78 is 15.1. The summed E-state index contributed by atoms with van der Waals surface area (Å²) in [7, 11) is 4.12. The van der Waals surface area contributed by atoms with Crippen molar-refractivity contribution in [2.24, 2.45) is 0 Å². The number of hydrogen-bond donors (Lipinski definition) is 1. The van der Waals surface area contributed by atoms with Crippen LogP contribution in [0.5, 0.6) is 0 Å². The number of rotatable bonds is 6. The molecule has 2 aromatic carbocycles. The van der Waals surface area contributed by atoms with Gasteiger partial charge in [0.15, 0.2) is 0 Å². The van der Waals surface area contributed by atoms with E-state index in [1.165, 1.54) is 22.1 Å². The number of piperazine rings is 1. The predicted octanol–water partition coefficient (Wildman–Crippen LogP) is 1.97. The van der Waals surface area contributed by atoms with Gasteiger partial charge in [0.1, 0.15) is 11.9 Å². The Kier molecular flexibility index (Phi) is 6.77. The minimum absolute atomic E-state index is 0.195. The number of nitrogens with one attached hydrogen (secondary N) is 1. The molecule has 3 aliphatic rings. The van der Waals surface area contributed by atoms with Crippen LogP contribution < -0.4 is 10.2 Å². The van der Waals surface area contributed by atoms with Crippen molar-refractivity contribution in [1.29, 1.82) is 0 Å². The molecular weight excluding hydrogens is 461 g/mol. The van der Waals surface area contributed by atoms with Crippen LogP contribution in [0.1, 0.15) is 39.9 Å². The molecule has 1 N–H and O–H groups in total. The van der Waals surface area contributed by atoms with Gasteiger partial charge in [-0.15, -0.1) is 0 Å². The van der Waals surface area contributed by atoms with E-state index >= 15 is 4.39 Å². The van der Waals surface area contributed by atoms with Crippen LogP contribution in [0.3, 0.4) is 0 Å². The van der Waals surface area contributed by atoms with Gasteiger partial charge in [-0.25, -0.2) is 4.39 Å². The molecule has 3 heterocycles. The van der Waals surface area contributed by atoms with Gasteiger partial charge in [0.05, 0.1) is 5.69 Å². The highest BCUT2D eigenvalue weighted by molar-refractivity contribution is 6.05. The number of imide groups is 1. The molecule has 0 radical (unpaired) electrons. The van der Waals surface area contributed by atoms with Gasteiger partial charge in [-0.3, -0.25) is 24.6 Å². The molecule has 36 heavy (non-hydrogen) atoms. The number of benzene rings is 2. The number of hydrogen-bond acceptors (Lipinski definition) is 6. The number of carbonyl (C=O) groups excluding carboxylic acids is 3. The minimum Gasteiger partial charge on any atom is -0.367 e. The lowest BCUT2D eigenvalue weighted by Gasteiger charge is -2.36. The topological polar surface area (TPSA) is 76.2 Å². The second-order valence-electron chi connectivity index (χ2n) is 10.2. The Hall–Kier alpha value is -3.30. The average Bonchev–Trinajstić information content (AvgIpc) is 3.15. The fraction of sp³-hybridized carbons (Fsp3) is 0.444. The lowest BCUT2D eigenvalue weighted by Crippen LogP contribution is -2.52. The maximum absolute atomic E-state index is 15.1. The van der Waals surface area contributed by atoms with Crippen LogP contribution in [0.15, 0.2) is 36.4 Å². The molecule has 9 heteroatoms. The third kappa shape index (κ3) is 4.99. The Bertz CT molecular complexity index is 1170. The molecule has 2 fully saturated rings. The van der Waals surface area contributed by atoms with Crippen molar-refractivity contribution in [2.75, 3.05) is 45.2 Å². The number of carbonyl (C=O) groups is 3. The van der Waals surface area contributed by atoms with E-state index in [-0.39, 0.29) is 24.8 Å². The van der Waals surface area contributed by atoms with Gasteiger partial charge in [-0.05, 0) is 49.3 Å². The number of halogens is 1. The zero-order valence-corrected chi connectivity index (χ0v) is 20.8. The number of nitrogens with zero attached hydrogens (tertiary/aromatic N) is 4. The highest BCUT2D eigenvalue weighted by Crippen LogP contribution is 2.33. The van der Waals surface area contributed by atoms with Crippen molar-refractivity contribution in [3.63, 3.8) is 0 Å². The number of amides is 3. The number of piperidine rings is 1. The second-order valence-corrected chi connectivity index (χ2v) is 10.2. The molecule has 2 saturated heterocycles. The van der Waals surface area contributed by atoms with Gasteiger partial charge in [0, 0.05) is 57.8 Å². The third-order valence-corrected chi connectivity index (χ3v) is 7.23. The molecule has 0 spiro atoms. The Labute approximate surface area is 210 Å². The molecule has 3 amide bonds. The first-order chi connectivity index (χ1) is 17.3. The lowest BCUT2D eigenvalue weighted by atomic mass is 10.0. The van der Waals surface area contributed by atoms with Gasteiger partial charge in [0.2, 0.25) is 11.8 Å². The Morgan fingerprint density at radius 1 is 1.00 bits per heavy atom. The summed E-state index contributed by atoms with van der Waals surface area (Å²) in [5, 5.41) is 2.30. The van der Waals surface area contributed by atoms with Crippen LogP contribution >= 0.6 is 0 Å². The summed E-state index contributed by atoms with van der Waals surface area (Å²) in [6, 6.07) is 11.1. The molecule has 0 aromatic heterocycles. The average molecular weight is 494 g/mol. The van der Waals surface area contributed by atoms with E-state index in [0.717, 1.165) is 31.7 Å². The van der Waals surface area contributed by atoms with E-state index in [4.69, 9.17) is 0 Å². The van der Waals surface area contributed by atoms with Crippen molar-refractivity contribution in [1.82, 2.24) is 20.0 Å². The quantitative estimate of drug-likeness (QED) is 0.621. The maximum atomic E-state index is 15.1. The van der Waals surface area contributed by atoms with Gasteiger partial charge >= 0.3 is 0 Å². The monoisotopic (exact) mass is 493 g/mol. The van der Waals surface area contributed by atoms with E-state index in [1.54, 1.807) is 6.07 Å². The summed E-state index contributed by atoms with van der Waals surface area (Å²) in [5.41, 5.74) is 4.08. The molecule has 8 nitrogen and oxygen atoms in total. The molecule has 1 atom stereocenters. The largest absolute Gasteiger partial charge is 0.367 e. The van der Waals surface area contributed by atoms with Gasteiger partial charge < -0.3 is 14.7 Å². The summed E-state index contributed by atoms with van der Waals surface area (Å²) in [4.78, 5) is 44.7. The first kappa shape index (κ1) is 24.4. The Morgan fingerprint density at radius 3 is 2.36 bits per heavy atom. The van der Waals surface area contributed by atoms with E-state index in [1.807, 2.05) is 4.90 Å². The van der Waals surface area contributed by atoms with Crippen LogP contribution in [-0.2, 0) is 29.2 Å². The smallest absolute Gasteiger partial charge is 0.255 e. The highest BCUT2D eigenvalue weighted by atomic mass is 19.1. The van der Waals surface area contributed by atoms with Crippen LogP contribution in [0.25, 0.3) is 0 Å². The SMILES string of the molecule is CN(C)Cc1ccc(CN2CCN(c3cc4c(cc3F)C(=O)N(C3CCC(=O)NC3=O)C4)CC2)cc1. The maximum Gasteiger partial charge on any atom is 0.255 e. The molecule has 1 unspecified atom stereocenters. The first-order valence-corrected chi connectivity index (χ1v) is 12.5. The molecular formula is C27H32FN5O3. The Morgan fingerprint density at radius 2 is 1.69 bits per heavy atom. The van der Waals surface area contributed by atoms with E-state index in [2.05, 4.69) is 53.5 Å². The minimum atomic E-state index is -0.699. The van der Waals surface area contributed by atoms with Crippen LogP contribution in [0.4, 0.5) is 10.1 Å². The first-order valence-electron chi connectivity index (χ1n) is 12.5. The molecule has 0 aliphatic carbocycles.